The van der Waals surface area contributed by atoms with Crippen molar-refractivity contribution in [1.29, 1.82) is 0 Å². The topological polar surface area (TPSA) is 26.0 Å². The number of para-hydroxylation sites is 1. The smallest absolute Gasteiger partial charge is 0.418 e. The van der Waals surface area contributed by atoms with E-state index in [1.807, 2.05) is 0 Å². The van der Waals surface area contributed by atoms with Gasteiger partial charge in [-0.2, -0.15) is 13.2 Å². The number of benzene rings is 1. The van der Waals surface area contributed by atoms with Gasteiger partial charge in [-0.15, -0.1) is 11.6 Å². The predicted molar refractivity (Wildman–Crippen MR) is 48.6 cm³/mol. The molecule has 0 unspecified atom stereocenters. The van der Waals surface area contributed by atoms with Crippen LogP contribution in [-0.4, -0.2) is 4.98 Å². The lowest BCUT2D eigenvalue weighted by Gasteiger charge is -2.05. The zero-order valence-electron chi connectivity index (χ0n) is 7.31. The van der Waals surface area contributed by atoms with Gasteiger partial charge in [0.15, 0.2) is 5.58 Å². The Kier molecular flexibility index (Phi) is 2.34. The van der Waals surface area contributed by atoms with Crippen LogP contribution in [-0.2, 0) is 12.1 Å². The van der Waals surface area contributed by atoms with Crippen molar-refractivity contribution >= 4 is 22.7 Å². The molecule has 0 radical (unpaired) electrons. The normalized spacial score (nSPS) is 12.3. The van der Waals surface area contributed by atoms with Crippen LogP contribution in [0.1, 0.15) is 11.5 Å². The summed E-state index contributed by atoms with van der Waals surface area (Å²) in [6.07, 6.45) is -4.43. The Morgan fingerprint density at radius 3 is 2.67 bits per heavy atom. The summed E-state index contributed by atoms with van der Waals surface area (Å²) in [5.41, 5.74) is -0.902. The van der Waals surface area contributed by atoms with Crippen LogP contribution in [0.25, 0.3) is 11.1 Å². The number of hydrogen-bond donors (Lipinski definition) is 0. The molecule has 6 heteroatoms. The lowest BCUT2D eigenvalue weighted by atomic mass is 10.2. The molecule has 2 nitrogen and oxygen atoms in total. The molecule has 1 aromatic carbocycles. The minimum Gasteiger partial charge on any atom is -0.439 e. The molecular formula is C9H5ClF3NO. The number of nitrogens with zero attached hydrogens (tertiary/aromatic N) is 1. The van der Waals surface area contributed by atoms with Gasteiger partial charge >= 0.3 is 6.18 Å². The van der Waals surface area contributed by atoms with E-state index in [0.717, 1.165) is 6.07 Å². The maximum atomic E-state index is 12.5. The molecule has 15 heavy (non-hydrogen) atoms. The number of hydrogen-bond acceptors (Lipinski definition) is 2. The number of fused-ring (bicyclic) bond motifs is 1. The van der Waals surface area contributed by atoms with Crippen LogP contribution in [0.4, 0.5) is 13.2 Å². The Balaban J connectivity index is 2.70. The molecular weight excluding hydrogens is 231 g/mol. The summed E-state index contributed by atoms with van der Waals surface area (Å²) in [5.74, 6) is 0.0368. The highest BCUT2D eigenvalue weighted by Crippen LogP contribution is 2.34. The molecule has 80 valence electrons. The van der Waals surface area contributed by atoms with Crippen LogP contribution in [0.2, 0.25) is 0 Å². The Hall–Kier alpha value is -1.23. The maximum absolute atomic E-state index is 12.5. The third-order valence-electron chi connectivity index (χ3n) is 1.88. The number of halogens is 4. The van der Waals surface area contributed by atoms with Crippen LogP contribution in [0.15, 0.2) is 22.6 Å². The zero-order chi connectivity index (χ0) is 11.1. The van der Waals surface area contributed by atoms with Gasteiger partial charge in [-0.1, -0.05) is 6.07 Å². The molecule has 0 saturated carbocycles. The maximum Gasteiger partial charge on any atom is 0.418 e. The molecule has 1 heterocycles. The van der Waals surface area contributed by atoms with Gasteiger partial charge in [-0.05, 0) is 12.1 Å². The van der Waals surface area contributed by atoms with Crippen molar-refractivity contribution < 1.29 is 17.6 Å². The van der Waals surface area contributed by atoms with Crippen LogP contribution in [0.5, 0.6) is 0 Å². The lowest BCUT2D eigenvalue weighted by molar-refractivity contribution is -0.136. The fourth-order valence-corrected chi connectivity index (χ4v) is 1.39. The van der Waals surface area contributed by atoms with Gasteiger partial charge in [0.25, 0.3) is 0 Å². The summed E-state index contributed by atoms with van der Waals surface area (Å²) in [6, 6.07) is 3.66. The summed E-state index contributed by atoms with van der Waals surface area (Å²) in [6.45, 7) is 0. The number of rotatable bonds is 1. The van der Waals surface area contributed by atoms with E-state index in [1.165, 1.54) is 12.1 Å². The summed E-state index contributed by atoms with van der Waals surface area (Å²) in [7, 11) is 0. The van der Waals surface area contributed by atoms with E-state index < -0.39 is 11.7 Å². The summed E-state index contributed by atoms with van der Waals surface area (Å²) in [4.78, 5) is 3.68. The van der Waals surface area contributed by atoms with E-state index >= 15 is 0 Å². The van der Waals surface area contributed by atoms with Crippen LogP contribution in [0, 0.1) is 0 Å². The van der Waals surface area contributed by atoms with Crippen LogP contribution < -0.4 is 0 Å². The van der Waals surface area contributed by atoms with Gasteiger partial charge in [0.05, 0.1) is 11.4 Å². The molecule has 0 saturated heterocycles. The first kappa shape index (κ1) is 10.3. The molecule has 0 amide bonds. The fourth-order valence-electron chi connectivity index (χ4n) is 1.28. The average molecular weight is 236 g/mol. The molecule has 0 spiro atoms. The number of oxazole rings is 1. The first-order chi connectivity index (χ1) is 7.02. The zero-order valence-corrected chi connectivity index (χ0v) is 8.06. The summed E-state index contributed by atoms with van der Waals surface area (Å²) in [5, 5.41) is 0. The van der Waals surface area contributed by atoms with E-state index in [9.17, 15) is 13.2 Å². The van der Waals surface area contributed by atoms with Crippen molar-refractivity contribution in [2.24, 2.45) is 0 Å². The summed E-state index contributed by atoms with van der Waals surface area (Å²) >= 11 is 5.43. The van der Waals surface area contributed by atoms with Gasteiger partial charge in [0.1, 0.15) is 5.52 Å². The van der Waals surface area contributed by atoms with Crippen molar-refractivity contribution in [2.75, 3.05) is 0 Å². The molecule has 2 aromatic rings. The van der Waals surface area contributed by atoms with Crippen molar-refractivity contribution in [1.82, 2.24) is 4.98 Å². The van der Waals surface area contributed by atoms with E-state index in [2.05, 4.69) is 4.98 Å². The van der Waals surface area contributed by atoms with Gasteiger partial charge < -0.3 is 4.42 Å². The van der Waals surface area contributed by atoms with Gasteiger partial charge in [0, 0.05) is 0 Å². The minimum absolute atomic E-state index is 0.0496. The van der Waals surface area contributed by atoms with Gasteiger partial charge in [-0.3, -0.25) is 0 Å². The first-order valence-electron chi connectivity index (χ1n) is 4.04. The number of aromatic nitrogens is 1. The summed E-state index contributed by atoms with van der Waals surface area (Å²) < 4.78 is 42.6. The SMILES string of the molecule is FC(F)(F)c1cccc2oc(CCl)nc12. The van der Waals surface area contributed by atoms with Gasteiger partial charge in [0.2, 0.25) is 5.89 Å². The van der Waals surface area contributed by atoms with Crippen molar-refractivity contribution in [3.05, 3.63) is 29.7 Å². The van der Waals surface area contributed by atoms with Crippen LogP contribution >= 0.6 is 11.6 Å². The molecule has 1 aromatic heterocycles. The van der Waals surface area contributed by atoms with E-state index in [-0.39, 0.29) is 22.9 Å². The van der Waals surface area contributed by atoms with Gasteiger partial charge in [-0.25, -0.2) is 4.98 Å². The van der Waals surface area contributed by atoms with Crippen molar-refractivity contribution in [3.63, 3.8) is 0 Å². The first-order valence-corrected chi connectivity index (χ1v) is 4.57. The van der Waals surface area contributed by atoms with E-state index in [4.69, 9.17) is 16.0 Å². The molecule has 0 aliphatic rings. The van der Waals surface area contributed by atoms with E-state index in [1.54, 1.807) is 0 Å². The lowest BCUT2D eigenvalue weighted by Crippen LogP contribution is -2.05. The predicted octanol–water partition coefficient (Wildman–Crippen LogP) is 3.59. The largest absolute Gasteiger partial charge is 0.439 e. The molecule has 0 aliphatic carbocycles. The Labute approximate surface area is 87.7 Å². The standard InChI is InChI=1S/C9H5ClF3NO/c10-4-7-14-8-5(9(11,12)13)2-1-3-6(8)15-7/h1-3H,4H2. The number of alkyl halides is 4. The quantitative estimate of drug-likeness (QED) is 0.706. The molecule has 0 bridgehead atoms. The second-order valence-electron chi connectivity index (χ2n) is 2.89. The van der Waals surface area contributed by atoms with Crippen molar-refractivity contribution in [2.45, 2.75) is 12.1 Å². The highest BCUT2D eigenvalue weighted by molar-refractivity contribution is 6.16. The average Bonchev–Trinajstić information content (AvgIpc) is 2.57. The Bertz CT molecular complexity index is 492. The molecule has 0 N–H and O–H groups in total. The van der Waals surface area contributed by atoms with E-state index in [0.29, 0.717) is 0 Å². The molecule has 2 rings (SSSR count). The minimum atomic E-state index is -4.43. The fraction of sp³-hybridized carbons (Fsp3) is 0.222. The molecule has 0 atom stereocenters. The highest BCUT2D eigenvalue weighted by Gasteiger charge is 2.34. The Morgan fingerprint density at radius 2 is 2.07 bits per heavy atom. The molecule has 0 aliphatic heterocycles. The Morgan fingerprint density at radius 1 is 1.33 bits per heavy atom. The monoisotopic (exact) mass is 235 g/mol. The van der Waals surface area contributed by atoms with Crippen LogP contribution in [0.3, 0.4) is 0 Å². The second kappa shape index (κ2) is 3.41. The third-order valence-corrected chi connectivity index (χ3v) is 2.11. The third kappa shape index (κ3) is 1.79. The highest BCUT2D eigenvalue weighted by atomic mass is 35.5. The van der Waals surface area contributed by atoms with Crippen molar-refractivity contribution in [3.8, 4) is 0 Å². The second-order valence-corrected chi connectivity index (χ2v) is 3.16. The molecule has 0 fully saturated rings.